The summed E-state index contributed by atoms with van der Waals surface area (Å²) in [6.45, 7) is 2.71. The lowest BCUT2D eigenvalue weighted by Crippen LogP contribution is -2.20. The largest absolute Gasteiger partial charge is 0.494 e. The number of hydrogen-bond acceptors (Lipinski definition) is 2. The van der Waals surface area contributed by atoms with Crippen LogP contribution < -0.4 is 10.1 Å². The zero-order valence-electron chi connectivity index (χ0n) is 14.2. The highest BCUT2D eigenvalue weighted by Gasteiger charge is 2.18. The van der Waals surface area contributed by atoms with Crippen LogP contribution in [0.3, 0.4) is 0 Å². The molecule has 0 fully saturated rings. The minimum Gasteiger partial charge on any atom is -0.494 e. The lowest BCUT2D eigenvalue weighted by molar-refractivity contribution is 0.333. The van der Waals surface area contributed by atoms with E-state index in [2.05, 4.69) is 72.0 Å². The highest BCUT2D eigenvalue weighted by Crippen LogP contribution is 2.34. The van der Waals surface area contributed by atoms with E-state index >= 15 is 0 Å². The predicted molar refractivity (Wildman–Crippen MR) is 104 cm³/mol. The van der Waals surface area contributed by atoms with Gasteiger partial charge >= 0.3 is 0 Å². The first-order valence-corrected chi connectivity index (χ1v) is 8.19. The van der Waals surface area contributed by atoms with Crippen molar-refractivity contribution in [1.29, 1.82) is 0 Å². The van der Waals surface area contributed by atoms with E-state index in [0.717, 1.165) is 12.2 Å². The first-order chi connectivity index (χ1) is 11.3. The van der Waals surface area contributed by atoms with Crippen LogP contribution in [0.25, 0.3) is 10.8 Å². The van der Waals surface area contributed by atoms with Gasteiger partial charge in [0.05, 0.1) is 6.61 Å². The Morgan fingerprint density at radius 1 is 0.917 bits per heavy atom. The lowest BCUT2D eigenvalue weighted by Gasteiger charge is -2.22. The number of benzene rings is 3. The molecule has 24 heavy (non-hydrogen) atoms. The van der Waals surface area contributed by atoms with Gasteiger partial charge in [0.15, 0.2) is 0 Å². The molecule has 0 amide bonds. The van der Waals surface area contributed by atoms with E-state index in [0.29, 0.717) is 6.61 Å². The van der Waals surface area contributed by atoms with E-state index in [9.17, 15) is 0 Å². The number of rotatable bonds is 6. The third kappa shape index (κ3) is 3.89. The van der Waals surface area contributed by atoms with Crippen LogP contribution in [-0.2, 0) is 6.42 Å². The lowest BCUT2D eigenvalue weighted by atomic mass is 9.93. The van der Waals surface area contributed by atoms with Gasteiger partial charge in [0.25, 0.3) is 0 Å². The molecule has 126 valence electrons. The topological polar surface area (TPSA) is 21.3 Å². The Hall–Kier alpha value is -2.03. The molecule has 0 saturated heterocycles. The van der Waals surface area contributed by atoms with Crippen molar-refractivity contribution in [2.45, 2.75) is 19.4 Å². The normalized spacial score (nSPS) is 11.8. The van der Waals surface area contributed by atoms with Crippen molar-refractivity contribution in [3.05, 3.63) is 77.9 Å². The minimum absolute atomic E-state index is 0. The summed E-state index contributed by atoms with van der Waals surface area (Å²) >= 11 is 0. The zero-order chi connectivity index (χ0) is 16.1. The maximum absolute atomic E-state index is 5.93. The molecule has 0 aliphatic rings. The van der Waals surface area contributed by atoms with E-state index in [1.807, 2.05) is 14.0 Å². The van der Waals surface area contributed by atoms with E-state index in [-0.39, 0.29) is 18.4 Å². The SMILES string of the molecule is CCOc1ccc2ccccc2c1C(Cc1ccccc1)NC.Cl. The second-order valence-corrected chi connectivity index (χ2v) is 5.66. The molecule has 0 heterocycles. The van der Waals surface area contributed by atoms with Gasteiger partial charge in [-0.15, -0.1) is 12.4 Å². The molecule has 1 N–H and O–H groups in total. The molecule has 1 unspecified atom stereocenters. The Bertz CT molecular complexity index is 773. The van der Waals surface area contributed by atoms with Crippen LogP contribution in [0.1, 0.15) is 24.1 Å². The molecule has 0 bridgehead atoms. The van der Waals surface area contributed by atoms with Crippen LogP contribution in [0.2, 0.25) is 0 Å². The van der Waals surface area contributed by atoms with Crippen LogP contribution >= 0.6 is 12.4 Å². The summed E-state index contributed by atoms with van der Waals surface area (Å²) in [5.74, 6) is 0.974. The Morgan fingerprint density at radius 2 is 1.62 bits per heavy atom. The summed E-state index contributed by atoms with van der Waals surface area (Å²) in [6, 6.07) is 23.6. The molecule has 3 aromatic rings. The quantitative estimate of drug-likeness (QED) is 0.668. The third-order valence-corrected chi connectivity index (χ3v) is 4.21. The van der Waals surface area contributed by atoms with Gasteiger partial charge in [0, 0.05) is 11.6 Å². The fraction of sp³-hybridized carbons (Fsp3) is 0.238. The third-order valence-electron chi connectivity index (χ3n) is 4.21. The van der Waals surface area contributed by atoms with Crippen molar-refractivity contribution >= 4 is 23.2 Å². The van der Waals surface area contributed by atoms with Gasteiger partial charge < -0.3 is 10.1 Å². The van der Waals surface area contributed by atoms with Gasteiger partial charge in [-0.1, -0.05) is 60.7 Å². The fourth-order valence-electron chi connectivity index (χ4n) is 3.11. The maximum atomic E-state index is 5.93. The van der Waals surface area contributed by atoms with Crippen molar-refractivity contribution in [3.8, 4) is 5.75 Å². The van der Waals surface area contributed by atoms with Crippen molar-refractivity contribution in [3.63, 3.8) is 0 Å². The number of halogens is 1. The van der Waals surface area contributed by atoms with Gasteiger partial charge in [0.2, 0.25) is 0 Å². The van der Waals surface area contributed by atoms with Crippen LogP contribution in [0.15, 0.2) is 66.7 Å². The average molecular weight is 342 g/mol. The standard InChI is InChI=1S/C21H23NO.ClH/c1-3-23-20-14-13-17-11-7-8-12-18(17)21(20)19(22-2)15-16-9-5-4-6-10-16;/h4-14,19,22H,3,15H2,1-2H3;1H. The number of ether oxygens (including phenoxy) is 1. The van der Waals surface area contributed by atoms with Gasteiger partial charge in [-0.3, -0.25) is 0 Å². The van der Waals surface area contributed by atoms with Crippen molar-refractivity contribution in [2.75, 3.05) is 13.7 Å². The Labute approximate surface area is 150 Å². The Kier molecular flexibility index (Phi) is 6.65. The Balaban J connectivity index is 0.00000208. The number of nitrogens with one attached hydrogen (secondary N) is 1. The second-order valence-electron chi connectivity index (χ2n) is 5.66. The molecule has 3 heteroatoms. The molecule has 0 radical (unpaired) electrons. The molecule has 0 saturated carbocycles. The van der Waals surface area contributed by atoms with E-state index in [1.165, 1.54) is 21.9 Å². The average Bonchev–Trinajstić information content (AvgIpc) is 2.61. The second kappa shape index (κ2) is 8.72. The molecule has 0 spiro atoms. The summed E-state index contributed by atoms with van der Waals surface area (Å²) in [4.78, 5) is 0. The summed E-state index contributed by atoms with van der Waals surface area (Å²) in [5, 5.41) is 5.99. The predicted octanol–water partition coefficient (Wildman–Crippen LogP) is 5.16. The number of fused-ring (bicyclic) bond motifs is 1. The molecular weight excluding hydrogens is 318 g/mol. The highest BCUT2D eigenvalue weighted by molar-refractivity contribution is 5.88. The van der Waals surface area contributed by atoms with Crippen molar-refractivity contribution < 1.29 is 4.74 Å². The maximum Gasteiger partial charge on any atom is 0.124 e. The molecule has 3 rings (SSSR count). The van der Waals surface area contributed by atoms with Gasteiger partial charge in [-0.05, 0) is 42.8 Å². The molecule has 0 aliphatic heterocycles. The molecular formula is C21H24ClNO. The van der Waals surface area contributed by atoms with E-state index in [4.69, 9.17) is 4.74 Å². The monoisotopic (exact) mass is 341 g/mol. The number of likely N-dealkylation sites (N-methyl/N-ethyl adjacent to an activating group) is 1. The minimum atomic E-state index is 0. The highest BCUT2D eigenvalue weighted by atomic mass is 35.5. The first kappa shape index (κ1) is 18.3. The summed E-state index contributed by atoms with van der Waals surface area (Å²) in [6.07, 6.45) is 0.936. The fourth-order valence-corrected chi connectivity index (χ4v) is 3.11. The van der Waals surface area contributed by atoms with Crippen LogP contribution in [0.5, 0.6) is 5.75 Å². The summed E-state index contributed by atoms with van der Waals surface area (Å²) in [5.41, 5.74) is 2.57. The smallest absolute Gasteiger partial charge is 0.124 e. The molecule has 0 aromatic heterocycles. The first-order valence-electron chi connectivity index (χ1n) is 8.19. The van der Waals surface area contributed by atoms with Crippen LogP contribution in [-0.4, -0.2) is 13.7 Å². The van der Waals surface area contributed by atoms with E-state index in [1.54, 1.807) is 0 Å². The molecule has 0 aliphatic carbocycles. The zero-order valence-corrected chi connectivity index (χ0v) is 15.0. The van der Waals surface area contributed by atoms with E-state index < -0.39 is 0 Å². The molecule has 3 aromatic carbocycles. The molecule has 2 nitrogen and oxygen atoms in total. The van der Waals surface area contributed by atoms with Crippen molar-refractivity contribution in [2.24, 2.45) is 0 Å². The number of hydrogen-bond donors (Lipinski definition) is 1. The summed E-state index contributed by atoms with van der Waals surface area (Å²) in [7, 11) is 2.02. The van der Waals surface area contributed by atoms with Crippen molar-refractivity contribution in [1.82, 2.24) is 5.32 Å². The van der Waals surface area contributed by atoms with Gasteiger partial charge in [-0.25, -0.2) is 0 Å². The van der Waals surface area contributed by atoms with Gasteiger partial charge in [-0.2, -0.15) is 0 Å². The van der Waals surface area contributed by atoms with Crippen LogP contribution in [0, 0.1) is 0 Å². The summed E-state index contributed by atoms with van der Waals surface area (Å²) < 4.78 is 5.93. The van der Waals surface area contributed by atoms with Gasteiger partial charge in [0.1, 0.15) is 5.75 Å². The Morgan fingerprint density at radius 3 is 2.33 bits per heavy atom. The van der Waals surface area contributed by atoms with Crippen LogP contribution in [0.4, 0.5) is 0 Å². The molecule has 1 atom stereocenters.